The van der Waals surface area contributed by atoms with Gasteiger partial charge >= 0.3 is 0 Å². The molecule has 0 N–H and O–H groups in total. The quantitative estimate of drug-likeness (QED) is 0.136. The Morgan fingerprint density at radius 1 is 0.725 bits per heavy atom. The molecule has 0 saturated carbocycles. The lowest BCUT2D eigenvalue weighted by Crippen LogP contribution is -2.27. The third-order valence-corrected chi connectivity index (χ3v) is 9.65. The summed E-state index contributed by atoms with van der Waals surface area (Å²) in [4.78, 5) is 0. The van der Waals surface area contributed by atoms with Crippen LogP contribution >= 0.6 is 0 Å². The second kappa shape index (κ2) is 15.6. The maximum Gasteiger partial charge on any atom is 0.0994 e. The Balaban J connectivity index is 2.09. The highest BCUT2D eigenvalue weighted by molar-refractivity contribution is 5.85. The number of rotatable bonds is 18. The number of fused-ring (bicyclic) bond motifs is 3. The van der Waals surface area contributed by atoms with Crippen LogP contribution in [0.4, 0.5) is 0 Å². The van der Waals surface area contributed by atoms with Crippen LogP contribution in [0.25, 0.3) is 16.7 Å². The first-order valence-corrected chi connectivity index (χ1v) is 16.7. The number of nitriles is 1. The lowest BCUT2D eigenvalue weighted by atomic mass is 9.69. The number of benzene rings is 2. The molecule has 1 heteroatoms. The molecular formula is C39H57N. The molecule has 218 valence electrons. The fourth-order valence-corrected chi connectivity index (χ4v) is 7.23. The van der Waals surface area contributed by atoms with E-state index in [0.717, 1.165) is 11.1 Å². The van der Waals surface area contributed by atoms with Gasteiger partial charge in [-0.25, -0.2) is 0 Å². The van der Waals surface area contributed by atoms with Gasteiger partial charge in [-0.3, -0.25) is 0 Å². The van der Waals surface area contributed by atoms with Crippen LogP contribution in [0.1, 0.15) is 167 Å². The van der Waals surface area contributed by atoms with Gasteiger partial charge in [-0.1, -0.05) is 154 Å². The van der Waals surface area contributed by atoms with Crippen LogP contribution in [0.3, 0.4) is 0 Å². The van der Waals surface area contributed by atoms with E-state index >= 15 is 0 Å². The van der Waals surface area contributed by atoms with Gasteiger partial charge in [0.15, 0.2) is 0 Å². The topological polar surface area (TPSA) is 23.8 Å². The normalized spacial score (nSPS) is 14.2. The van der Waals surface area contributed by atoms with Crippen molar-refractivity contribution in [1.82, 2.24) is 0 Å². The zero-order chi connectivity index (χ0) is 29.0. The molecule has 0 heterocycles. The van der Waals surface area contributed by atoms with Crippen LogP contribution in [-0.4, -0.2) is 0 Å². The molecule has 1 nitrogen and oxygen atoms in total. The van der Waals surface area contributed by atoms with Crippen molar-refractivity contribution in [1.29, 1.82) is 5.26 Å². The van der Waals surface area contributed by atoms with Crippen molar-refractivity contribution < 1.29 is 0 Å². The highest BCUT2D eigenvalue weighted by atomic mass is 14.5. The summed E-state index contributed by atoms with van der Waals surface area (Å²) in [6.07, 6.45) is 22.7. The predicted octanol–water partition coefficient (Wildman–Crippen LogP) is 12.5. The van der Waals surface area contributed by atoms with E-state index in [1.165, 1.54) is 125 Å². The van der Waals surface area contributed by atoms with E-state index in [2.05, 4.69) is 77.1 Å². The molecule has 3 rings (SSSR count). The molecule has 0 amide bonds. The molecule has 0 fully saturated rings. The fraction of sp³-hybridized carbons (Fsp3) is 0.615. The molecule has 1 aliphatic rings. The van der Waals surface area contributed by atoms with Crippen LogP contribution in [0, 0.1) is 11.3 Å². The molecule has 0 atom stereocenters. The summed E-state index contributed by atoms with van der Waals surface area (Å²) in [6, 6.07) is 16.8. The van der Waals surface area contributed by atoms with E-state index in [9.17, 15) is 5.26 Å². The van der Waals surface area contributed by atoms with Gasteiger partial charge in [-0.05, 0) is 71.0 Å². The highest BCUT2D eigenvalue weighted by Gasteiger charge is 2.43. The zero-order valence-corrected chi connectivity index (χ0v) is 26.8. The van der Waals surface area contributed by atoms with Crippen LogP contribution in [-0.2, 0) is 10.8 Å². The van der Waals surface area contributed by atoms with Gasteiger partial charge in [0, 0.05) is 5.41 Å². The van der Waals surface area contributed by atoms with Gasteiger partial charge < -0.3 is 0 Å². The summed E-state index contributed by atoms with van der Waals surface area (Å²) in [6.45, 7) is 13.7. The fourth-order valence-electron chi connectivity index (χ4n) is 7.23. The van der Waals surface area contributed by atoms with E-state index in [1.54, 1.807) is 5.56 Å². The summed E-state index contributed by atoms with van der Waals surface area (Å²) in [5, 5.41) is 9.88. The van der Waals surface area contributed by atoms with Crippen molar-refractivity contribution in [2.45, 2.75) is 155 Å². The number of allylic oxidation sites excluding steroid dienone is 2. The predicted molar refractivity (Wildman–Crippen MR) is 176 cm³/mol. The SMILES string of the molecule is C/C=C(\C#N)c1ccc2c(c1)C(CCCCCCCC)(CCCCCCCC)c1cc(C(C)(C)CCC)ccc1-2. The summed E-state index contributed by atoms with van der Waals surface area (Å²) in [5.74, 6) is 0. The number of hydrogen-bond donors (Lipinski definition) is 0. The van der Waals surface area contributed by atoms with E-state index in [0.29, 0.717) is 0 Å². The average molecular weight is 540 g/mol. The van der Waals surface area contributed by atoms with Gasteiger partial charge in [0.1, 0.15) is 0 Å². The maximum absolute atomic E-state index is 9.88. The monoisotopic (exact) mass is 539 g/mol. The molecule has 1 aliphatic carbocycles. The number of hydrogen-bond acceptors (Lipinski definition) is 1. The van der Waals surface area contributed by atoms with Gasteiger partial charge in [-0.15, -0.1) is 0 Å². The average Bonchev–Trinajstić information content (AvgIpc) is 3.22. The second-order valence-corrected chi connectivity index (χ2v) is 13.1. The van der Waals surface area contributed by atoms with Crippen molar-refractivity contribution in [3.05, 3.63) is 64.7 Å². The van der Waals surface area contributed by atoms with Crippen LogP contribution in [0.15, 0.2) is 42.5 Å². The molecule has 2 aromatic carbocycles. The maximum atomic E-state index is 9.88. The Bertz CT molecular complexity index is 1130. The summed E-state index contributed by atoms with van der Waals surface area (Å²) >= 11 is 0. The van der Waals surface area contributed by atoms with Crippen molar-refractivity contribution in [3.8, 4) is 17.2 Å². The summed E-state index contributed by atoms with van der Waals surface area (Å²) in [5.41, 5.74) is 9.48. The molecule has 0 aliphatic heterocycles. The molecule has 0 bridgehead atoms. The van der Waals surface area contributed by atoms with Crippen LogP contribution in [0.2, 0.25) is 0 Å². The summed E-state index contributed by atoms with van der Waals surface area (Å²) in [7, 11) is 0. The minimum Gasteiger partial charge on any atom is -0.192 e. The molecule has 0 unspecified atom stereocenters. The molecule has 2 aromatic rings. The third-order valence-electron chi connectivity index (χ3n) is 9.65. The van der Waals surface area contributed by atoms with Crippen molar-refractivity contribution in [2.75, 3.05) is 0 Å². The standard InChI is InChI=1S/C39H57N/c1-7-11-13-15-17-19-26-39(27-20-18-16-14-12-8-2)36-28-32(31(10-4)30-40)21-23-34(36)35-24-22-33(29-37(35)39)38(5,6)25-9-3/h10,21-24,28-29H,7-9,11-20,25-27H2,1-6H3/b31-10+. The van der Waals surface area contributed by atoms with E-state index in [-0.39, 0.29) is 10.8 Å². The summed E-state index contributed by atoms with van der Waals surface area (Å²) < 4.78 is 0. The largest absolute Gasteiger partial charge is 0.192 e. The van der Waals surface area contributed by atoms with Gasteiger partial charge in [0.25, 0.3) is 0 Å². The Kier molecular flexibility index (Phi) is 12.6. The second-order valence-electron chi connectivity index (χ2n) is 13.1. The molecular weight excluding hydrogens is 482 g/mol. The lowest BCUT2D eigenvalue weighted by Gasteiger charge is -2.34. The zero-order valence-electron chi connectivity index (χ0n) is 26.8. The molecule has 0 saturated heterocycles. The first kappa shape index (κ1) is 32.2. The van der Waals surface area contributed by atoms with Crippen molar-refractivity contribution in [2.24, 2.45) is 0 Å². The van der Waals surface area contributed by atoms with Crippen molar-refractivity contribution >= 4 is 5.57 Å². The molecule has 0 spiro atoms. The molecule has 40 heavy (non-hydrogen) atoms. The number of nitrogens with zero attached hydrogens (tertiary/aromatic N) is 1. The third kappa shape index (κ3) is 7.49. The minimum absolute atomic E-state index is 0.0444. The minimum atomic E-state index is 0.0444. The molecule has 0 aromatic heterocycles. The van der Waals surface area contributed by atoms with Gasteiger partial charge in [-0.2, -0.15) is 5.26 Å². The lowest BCUT2D eigenvalue weighted by molar-refractivity contribution is 0.396. The first-order valence-electron chi connectivity index (χ1n) is 16.7. The highest BCUT2D eigenvalue weighted by Crippen LogP contribution is 2.55. The first-order chi connectivity index (χ1) is 19.4. The molecule has 0 radical (unpaired) electrons. The van der Waals surface area contributed by atoms with Crippen LogP contribution < -0.4 is 0 Å². The van der Waals surface area contributed by atoms with E-state index in [1.807, 2.05) is 13.0 Å². The Morgan fingerprint density at radius 2 is 1.25 bits per heavy atom. The Morgan fingerprint density at radius 3 is 1.77 bits per heavy atom. The van der Waals surface area contributed by atoms with Crippen LogP contribution in [0.5, 0.6) is 0 Å². The van der Waals surface area contributed by atoms with Gasteiger partial charge in [0.2, 0.25) is 0 Å². The van der Waals surface area contributed by atoms with Gasteiger partial charge in [0.05, 0.1) is 11.6 Å². The van der Waals surface area contributed by atoms with E-state index in [4.69, 9.17) is 0 Å². The van der Waals surface area contributed by atoms with Crippen molar-refractivity contribution in [3.63, 3.8) is 0 Å². The smallest absolute Gasteiger partial charge is 0.0994 e. The Labute approximate surface area is 247 Å². The number of unbranched alkanes of at least 4 members (excludes halogenated alkanes) is 10. The Hall–Kier alpha value is -2.33. The van der Waals surface area contributed by atoms with E-state index < -0.39 is 0 Å².